The standard InChI is InChI=1S/C12H19NO8/c1-5(14)18-4-8-10(19-6(2)15)11(20-7(3)16)9(13)12(17)21-8/h8-12,17H,4,13H2,1-3H3/t8-,9-,10-,11-,12-/m1/s1. The lowest BCUT2D eigenvalue weighted by atomic mass is 9.97. The summed E-state index contributed by atoms with van der Waals surface area (Å²) < 4.78 is 20.0. The summed E-state index contributed by atoms with van der Waals surface area (Å²) in [4.78, 5) is 33.2. The molecule has 1 heterocycles. The van der Waals surface area contributed by atoms with Gasteiger partial charge in [-0.3, -0.25) is 14.4 Å². The number of hydrogen-bond acceptors (Lipinski definition) is 9. The van der Waals surface area contributed by atoms with Crippen LogP contribution in [0.5, 0.6) is 0 Å². The van der Waals surface area contributed by atoms with E-state index in [0.717, 1.165) is 13.8 Å². The summed E-state index contributed by atoms with van der Waals surface area (Å²) in [6.07, 6.45) is -4.67. The molecule has 1 saturated heterocycles. The molecule has 1 aliphatic rings. The molecule has 0 unspecified atom stereocenters. The van der Waals surface area contributed by atoms with Crippen molar-refractivity contribution in [3.8, 4) is 0 Å². The second-order valence-electron chi connectivity index (χ2n) is 4.59. The monoisotopic (exact) mass is 305 g/mol. The van der Waals surface area contributed by atoms with Gasteiger partial charge in [0.1, 0.15) is 12.7 Å². The fraction of sp³-hybridized carbons (Fsp3) is 0.750. The number of aliphatic hydroxyl groups excluding tert-OH is 1. The lowest BCUT2D eigenvalue weighted by molar-refractivity contribution is -0.260. The molecule has 0 aliphatic carbocycles. The minimum atomic E-state index is -1.46. The molecule has 0 amide bonds. The van der Waals surface area contributed by atoms with Crippen LogP contribution in [0.3, 0.4) is 0 Å². The van der Waals surface area contributed by atoms with Gasteiger partial charge in [-0.1, -0.05) is 0 Å². The first-order chi connectivity index (χ1) is 9.72. The predicted molar refractivity (Wildman–Crippen MR) is 66.6 cm³/mol. The number of carbonyl (C=O) groups excluding carboxylic acids is 3. The van der Waals surface area contributed by atoms with Gasteiger partial charge in [-0.15, -0.1) is 0 Å². The lowest BCUT2D eigenvalue weighted by Crippen LogP contribution is -2.64. The Morgan fingerprint density at radius 3 is 2.05 bits per heavy atom. The first-order valence-electron chi connectivity index (χ1n) is 6.29. The van der Waals surface area contributed by atoms with E-state index < -0.39 is 48.6 Å². The number of esters is 3. The molecule has 5 atom stereocenters. The normalized spacial score (nSPS) is 32.1. The van der Waals surface area contributed by atoms with Crippen molar-refractivity contribution in [1.29, 1.82) is 0 Å². The van der Waals surface area contributed by atoms with E-state index in [4.69, 9.17) is 24.7 Å². The lowest BCUT2D eigenvalue weighted by Gasteiger charge is -2.41. The van der Waals surface area contributed by atoms with Gasteiger partial charge in [-0.25, -0.2) is 0 Å². The van der Waals surface area contributed by atoms with E-state index in [1.54, 1.807) is 0 Å². The van der Waals surface area contributed by atoms with Gasteiger partial charge >= 0.3 is 17.9 Å². The maximum Gasteiger partial charge on any atom is 0.303 e. The van der Waals surface area contributed by atoms with Gasteiger partial charge in [0, 0.05) is 20.8 Å². The molecule has 0 aromatic carbocycles. The molecule has 1 rings (SSSR count). The van der Waals surface area contributed by atoms with E-state index in [0.29, 0.717) is 0 Å². The van der Waals surface area contributed by atoms with Crippen molar-refractivity contribution in [2.24, 2.45) is 5.73 Å². The minimum absolute atomic E-state index is 0.283. The molecule has 9 nitrogen and oxygen atoms in total. The van der Waals surface area contributed by atoms with Crippen LogP contribution in [-0.2, 0) is 33.3 Å². The zero-order valence-electron chi connectivity index (χ0n) is 12.0. The van der Waals surface area contributed by atoms with E-state index in [9.17, 15) is 19.5 Å². The molecule has 21 heavy (non-hydrogen) atoms. The number of nitrogens with two attached hydrogens (primary N) is 1. The van der Waals surface area contributed by atoms with Gasteiger partial charge in [-0.2, -0.15) is 0 Å². The van der Waals surface area contributed by atoms with Crippen molar-refractivity contribution >= 4 is 17.9 Å². The van der Waals surface area contributed by atoms with Crippen LogP contribution < -0.4 is 5.73 Å². The summed E-state index contributed by atoms with van der Waals surface area (Å²) in [5.41, 5.74) is 5.70. The Labute approximate surface area is 121 Å². The topological polar surface area (TPSA) is 134 Å². The van der Waals surface area contributed by atoms with Crippen LogP contribution in [0.4, 0.5) is 0 Å². The highest BCUT2D eigenvalue weighted by atomic mass is 16.7. The fourth-order valence-corrected chi connectivity index (χ4v) is 1.95. The third kappa shape index (κ3) is 4.96. The molecule has 0 spiro atoms. The molecule has 0 saturated carbocycles. The highest BCUT2D eigenvalue weighted by Gasteiger charge is 2.48. The summed E-state index contributed by atoms with van der Waals surface area (Å²) in [5, 5.41) is 9.73. The summed E-state index contributed by atoms with van der Waals surface area (Å²) in [5.74, 6) is -1.89. The molecule has 1 aliphatic heterocycles. The van der Waals surface area contributed by atoms with Crippen LogP contribution in [0.1, 0.15) is 20.8 Å². The number of hydrogen-bond donors (Lipinski definition) is 2. The van der Waals surface area contributed by atoms with E-state index in [2.05, 4.69) is 0 Å². The number of ether oxygens (including phenoxy) is 4. The van der Waals surface area contributed by atoms with Crippen LogP contribution in [0.2, 0.25) is 0 Å². The van der Waals surface area contributed by atoms with Gasteiger partial charge in [0.25, 0.3) is 0 Å². The van der Waals surface area contributed by atoms with Crippen molar-refractivity contribution in [1.82, 2.24) is 0 Å². The van der Waals surface area contributed by atoms with Crippen LogP contribution in [0.25, 0.3) is 0 Å². The van der Waals surface area contributed by atoms with Crippen LogP contribution >= 0.6 is 0 Å². The third-order valence-corrected chi connectivity index (χ3v) is 2.77. The Balaban J connectivity index is 2.94. The van der Waals surface area contributed by atoms with Crippen molar-refractivity contribution in [2.45, 2.75) is 51.4 Å². The van der Waals surface area contributed by atoms with Gasteiger partial charge < -0.3 is 29.8 Å². The largest absolute Gasteiger partial charge is 0.463 e. The molecular weight excluding hydrogens is 286 g/mol. The molecule has 0 bridgehead atoms. The molecule has 0 aromatic heterocycles. The number of rotatable bonds is 4. The molecule has 1 fully saturated rings. The Morgan fingerprint density at radius 2 is 1.57 bits per heavy atom. The molecular formula is C12H19NO8. The Bertz CT molecular complexity index is 412. The molecule has 0 radical (unpaired) electrons. The highest BCUT2D eigenvalue weighted by molar-refractivity contribution is 5.67. The third-order valence-electron chi connectivity index (χ3n) is 2.77. The van der Waals surface area contributed by atoms with E-state index in [1.165, 1.54) is 6.92 Å². The second-order valence-corrected chi connectivity index (χ2v) is 4.59. The Hall–Kier alpha value is -1.71. The summed E-state index contributed by atoms with van der Waals surface area (Å²) in [7, 11) is 0. The first-order valence-corrected chi connectivity index (χ1v) is 6.29. The summed E-state index contributed by atoms with van der Waals surface area (Å²) >= 11 is 0. The molecule has 120 valence electrons. The Kier molecular flexibility index (Phi) is 6.06. The SMILES string of the molecule is CC(=O)OC[C@H]1O[C@@H](O)[C@H](N)[C@@H](OC(C)=O)[C@@H]1OC(C)=O. The van der Waals surface area contributed by atoms with Crippen molar-refractivity contribution in [3.05, 3.63) is 0 Å². The van der Waals surface area contributed by atoms with Crippen molar-refractivity contribution < 1.29 is 38.4 Å². The molecule has 9 heteroatoms. The van der Waals surface area contributed by atoms with Crippen molar-refractivity contribution in [3.63, 3.8) is 0 Å². The van der Waals surface area contributed by atoms with Gasteiger partial charge in [0.05, 0.1) is 6.04 Å². The van der Waals surface area contributed by atoms with Gasteiger partial charge in [-0.05, 0) is 0 Å². The predicted octanol–water partition coefficient (Wildman–Crippen LogP) is -1.54. The van der Waals surface area contributed by atoms with Gasteiger partial charge in [0.2, 0.25) is 0 Å². The number of aliphatic hydroxyl groups is 1. The zero-order valence-corrected chi connectivity index (χ0v) is 12.0. The average molecular weight is 305 g/mol. The summed E-state index contributed by atoms with van der Waals surface area (Å²) in [6, 6.07) is -1.10. The van der Waals surface area contributed by atoms with Crippen LogP contribution in [0.15, 0.2) is 0 Å². The van der Waals surface area contributed by atoms with Crippen LogP contribution in [-0.4, -0.2) is 60.3 Å². The highest BCUT2D eigenvalue weighted by Crippen LogP contribution is 2.24. The summed E-state index contributed by atoms with van der Waals surface area (Å²) in [6.45, 7) is 3.22. The average Bonchev–Trinajstić information content (AvgIpc) is 2.35. The van der Waals surface area contributed by atoms with Crippen LogP contribution in [0, 0.1) is 0 Å². The quantitative estimate of drug-likeness (QED) is 0.468. The minimum Gasteiger partial charge on any atom is -0.463 e. The van der Waals surface area contributed by atoms with E-state index in [1.807, 2.05) is 0 Å². The second kappa shape index (κ2) is 7.34. The molecule has 3 N–H and O–H groups in total. The van der Waals surface area contributed by atoms with Crippen molar-refractivity contribution in [2.75, 3.05) is 6.61 Å². The van der Waals surface area contributed by atoms with Gasteiger partial charge in [0.15, 0.2) is 18.5 Å². The Morgan fingerprint density at radius 1 is 1.05 bits per heavy atom. The van der Waals surface area contributed by atoms with E-state index >= 15 is 0 Å². The van der Waals surface area contributed by atoms with E-state index in [-0.39, 0.29) is 6.61 Å². The maximum atomic E-state index is 11.2. The first kappa shape index (κ1) is 17.3. The zero-order chi connectivity index (χ0) is 16.2. The number of carbonyl (C=O) groups is 3. The maximum absolute atomic E-state index is 11.2. The molecule has 0 aromatic rings. The smallest absolute Gasteiger partial charge is 0.303 e. The fourth-order valence-electron chi connectivity index (χ4n) is 1.95.